The van der Waals surface area contributed by atoms with Gasteiger partial charge in [-0.15, -0.1) is 0 Å². The number of likely N-dealkylation sites (N-methyl/N-ethyl adjacent to an activating group) is 1. The molecule has 0 aliphatic carbocycles. The van der Waals surface area contributed by atoms with E-state index in [9.17, 15) is 4.79 Å². The maximum Gasteiger partial charge on any atom is 0.255 e. The van der Waals surface area contributed by atoms with Crippen LogP contribution in [-0.4, -0.2) is 51.1 Å². The lowest BCUT2D eigenvalue weighted by atomic mass is 10.2. The zero-order chi connectivity index (χ0) is 18.9. The summed E-state index contributed by atoms with van der Waals surface area (Å²) in [4.78, 5) is 16.8. The maximum atomic E-state index is 12.5. The highest BCUT2D eigenvalue weighted by molar-refractivity contribution is 6.05. The smallest absolute Gasteiger partial charge is 0.255 e. The lowest BCUT2D eigenvalue weighted by molar-refractivity contribution is 0.102. The van der Waals surface area contributed by atoms with E-state index >= 15 is 0 Å². The van der Waals surface area contributed by atoms with E-state index in [2.05, 4.69) is 24.1 Å². The molecule has 0 radical (unpaired) electrons. The molecule has 2 aromatic carbocycles. The fourth-order valence-corrected chi connectivity index (χ4v) is 2.63. The van der Waals surface area contributed by atoms with Gasteiger partial charge in [-0.2, -0.15) is 0 Å². The number of nitrogens with zero attached hydrogens (tertiary/aromatic N) is 2. The molecule has 140 valence electrons. The molecule has 26 heavy (non-hydrogen) atoms. The first kappa shape index (κ1) is 19.8. The third kappa shape index (κ3) is 5.49. The quantitative estimate of drug-likeness (QED) is 0.744. The second-order valence-electron chi connectivity index (χ2n) is 6.27. The van der Waals surface area contributed by atoms with E-state index in [-0.39, 0.29) is 5.91 Å². The number of rotatable bonds is 9. The Bertz CT molecular complexity index is 695. The summed E-state index contributed by atoms with van der Waals surface area (Å²) >= 11 is 0. The molecule has 0 bridgehead atoms. The van der Waals surface area contributed by atoms with E-state index in [1.807, 2.05) is 67.5 Å². The average Bonchev–Trinajstić information content (AvgIpc) is 2.66. The third-order valence-electron chi connectivity index (χ3n) is 4.34. The van der Waals surface area contributed by atoms with Crippen molar-refractivity contribution in [1.29, 1.82) is 0 Å². The van der Waals surface area contributed by atoms with Crippen LogP contribution in [0.3, 0.4) is 0 Å². The molecular weight excluding hydrogens is 326 g/mol. The van der Waals surface area contributed by atoms with Gasteiger partial charge in [0.15, 0.2) is 0 Å². The molecule has 2 aromatic rings. The van der Waals surface area contributed by atoms with Gasteiger partial charge >= 0.3 is 0 Å². The summed E-state index contributed by atoms with van der Waals surface area (Å²) in [5.74, 6) is 0.549. The highest BCUT2D eigenvalue weighted by atomic mass is 16.5. The minimum Gasteiger partial charge on any atom is -0.490 e. The molecule has 1 amide bonds. The van der Waals surface area contributed by atoms with Crippen molar-refractivity contribution in [2.24, 2.45) is 0 Å². The van der Waals surface area contributed by atoms with Crippen LogP contribution >= 0.6 is 0 Å². The van der Waals surface area contributed by atoms with Gasteiger partial charge < -0.3 is 19.9 Å². The minimum absolute atomic E-state index is 0.143. The Morgan fingerprint density at radius 3 is 2.27 bits per heavy atom. The van der Waals surface area contributed by atoms with Gasteiger partial charge in [0.05, 0.1) is 5.69 Å². The largest absolute Gasteiger partial charge is 0.490 e. The van der Waals surface area contributed by atoms with Crippen LogP contribution in [0.1, 0.15) is 24.2 Å². The number of amides is 1. The molecule has 0 aliphatic rings. The molecule has 5 heteroatoms. The minimum atomic E-state index is -0.143. The molecule has 0 atom stereocenters. The molecule has 0 spiro atoms. The van der Waals surface area contributed by atoms with Crippen molar-refractivity contribution < 1.29 is 9.53 Å². The maximum absolute atomic E-state index is 12.5. The summed E-state index contributed by atoms with van der Waals surface area (Å²) in [6.07, 6.45) is 0. The number of nitrogens with one attached hydrogen (secondary N) is 1. The Labute approximate surface area is 156 Å². The number of ether oxygens (including phenoxy) is 1. The fraction of sp³-hybridized carbons (Fsp3) is 0.381. The number of hydrogen-bond donors (Lipinski definition) is 1. The molecule has 0 saturated carbocycles. The van der Waals surface area contributed by atoms with Gasteiger partial charge in [0, 0.05) is 31.9 Å². The van der Waals surface area contributed by atoms with Gasteiger partial charge in [-0.05, 0) is 49.5 Å². The van der Waals surface area contributed by atoms with Crippen molar-refractivity contribution >= 4 is 17.3 Å². The second-order valence-corrected chi connectivity index (χ2v) is 6.27. The highest BCUT2D eigenvalue weighted by Gasteiger charge is 2.10. The van der Waals surface area contributed by atoms with Crippen LogP contribution in [0.2, 0.25) is 0 Å². The molecule has 0 fully saturated rings. The van der Waals surface area contributed by atoms with Crippen LogP contribution < -0.4 is 15.0 Å². The van der Waals surface area contributed by atoms with Crippen molar-refractivity contribution in [2.75, 3.05) is 50.6 Å². The van der Waals surface area contributed by atoms with Gasteiger partial charge in [0.2, 0.25) is 0 Å². The zero-order valence-electron chi connectivity index (χ0n) is 16.2. The first-order valence-electron chi connectivity index (χ1n) is 9.08. The molecule has 0 aliphatic heterocycles. The number of hydrogen-bond acceptors (Lipinski definition) is 4. The summed E-state index contributed by atoms with van der Waals surface area (Å²) in [6, 6.07) is 15.1. The number of benzene rings is 2. The summed E-state index contributed by atoms with van der Waals surface area (Å²) in [5, 5.41) is 2.95. The first-order valence-corrected chi connectivity index (χ1v) is 9.08. The summed E-state index contributed by atoms with van der Waals surface area (Å²) in [5.41, 5.74) is 2.36. The van der Waals surface area contributed by atoms with Gasteiger partial charge in [0.25, 0.3) is 5.91 Å². The molecule has 5 nitrogen and oxygen atoms in total. The molecule has 2 rings (SSSR count). The van der Waals surface area contributed by atoms with Crippen molar-refractivity contribution in [2.45, 2.75) is 13.8 Å². The van der Waals surface area contributed by atoms with E-state index in [1.54, 1.807) is 0 Å². The van der Waals surface area contributed by atoms with Crippen LogP contribution in [0.15, 0.2) is 48.5 Å². The highest BCUT2D eigenvalue weighted by Crippen LogP contribution is 2.24. The molecule has 1 N–H and O–H groups in total. The summed E-state index contributed by atoms with van der Waals surface area (Å²) in [6.45, 7) is 7.73. The van der Waals surface area contributed by atoms with Crippen LogP contribution in [-0.2, 0) is 0 Å². The van der Waals surface area contributed by atoms with Gasteiger partial charge in [-0.1, -0.05) is 26.0 Å². The van der Waals surface area contributed by atoms with E-state index in [0.29, 0.717) is 23.6 Å². The van der Waals surface area contributed by atoms with Gasteiger partial charge in [-0.3, -0.25) is 4.79 Å². The zero-order valence-corrected chi connectivity index (χ0v) is 16.2. The Morgan fingerprint density at radius 1 is 1.00 bits per heavy atom. The van der Waals surface area contributed by atoms with E-state index in [0.717, 1.165) is 25.3 Å². The monoisotopic (exact) mass is 355 g/mol. The fourth-order valence-electron chi connectivity index (χ4n) is 2.63. The normalized spacial score (nSPS) is 10.7. The van der Waals surface area contributed by atoms with Crippen LogP contribution in [0.4, 0.5) is 11.4 Å². The molecule has 0 aromatic heterocycles. The lowest BCUT2D eigenvalue weighted by Gasteiger charge is -2.19. The predicted octanol–water partition coefficient (Wildman–Crippen LogP) is 3.73. The number of carbonyl (C=O) groups is 1. The third-order valence-corrected chi connectivity index (χ3v) is 4.34. The molecular formula is C21H29N3O2. The van der Waals surface area contributed by atoms with E-state index in [1.165, 1.54) is 0 Å². The van der Waals surface area contributed by atoms with Crippen LogP contribution in [0.5, 0.6) is 5.75 Å². The Hall–Kier alpha value is -2.53. The molecule has 0 saturated heterocycles. The van der Waals surface area contributed by atoms with E-state index < -0.39 is 0 Å². The van der Waals surface area contributed by atoms with Crippen LogP contribution in [0.25, 0.3) is 0 Å². The summed E-state index contributed by atoms with van der Waals surface area (Å²) in [7, 11) is 3.95. The van der Waals surface area contributed by atoms with Gasteiger partial charge in [-0.25, -0.2) is 0 Å². The van der Waals surface area contributed by atoms with Gasteiger partial charge in [0.1, 0.15) is 12.4 Å². The second kappa shape index (κ2) is 9.82. The number of carbonyl (C=O) groups excluding carboxylic acids is 1. The Kier molecular flexibility index (Phi) is 7.48. The van der Waals surface area contributed by atoms with E-state index in [4.69, 9.17) is 4.74 Å². The standard InChI is InChI=1S/C21H29N3O2/c1-5-24(6-2)15-16-26-20-10-8-7-9-19(20)22-21(25)17-11-13-18(14-12-17)23(3)4/h7-14H,5-6,15-16H2,1-4H3,(H,22,25). The Morgan fingerprint density at radius 2 is 1.65 bits per heavy atom. The lowest BCUT2D eigenvalue weighted by Crippen LogP contribution is -2.28. The number of para-hydroxylation sites is 2. The van der Waals surface area contributed by atoms with Crippen molar-refractivity contribution in [3.63, 3.8) is 0 Å². The molecule has 0 heterocycles. The predicted molar refractivity (Wildman–Crippen MR) is 108 cm³/mol. The van der Waals surface area contributed by atoms with Crippen molar-refractivity contribution in [1.82, 2.24) is 4.90 Å². The Balaban J connectivity index is 2.01. The van der Waals surface area contributed by atoms with Crippen LogP contribution in [0, 0.1) is 0 Å². The topological polar surface area (TPSA) is 44.8 Å². The van der Waals surface area contributed by atoms with Crippen molar-refractivity contribution in [3.8, 4) is 5.75 Å². The summed E-state index contributed by atoms with van der Waals surface area (Å²) < 4.78 is 5.90. The molecule has 0 unspecified atom stereocenters. The van der Waals surface area contributed by atoms with Crippen molar-refractivity contribution in [3.05, 3.63) is 54.1 Å². The number of anilines is 2. The average molecular weight is 355 g/mol. The first-order chi connectivity index (χ1) is 12.5. The SMILES string of the molecule is CCN(CC)CCOc1ccccc1NC(=O)c1ccc(N(C)C)cc1.